The highest BCUT2D eigenvalue weighted by Crippen LogP contribution is 2.26. The minimum atomic E-state index is -3.76. The molecule has 0 bridgehead atoms. The number of rotatable bonds is 6. The molecule has 1 saturated heterocycles. The van der Waals surface area contributed by atoms with Crippen molar-refractivity contribution >= 4 is 16.0 Å². The summed E-state index contributed by atoms with van der Waals surface area (Å²) >= 11 is 0. The third-order valence-electron chi connectivity index (χ3n) is 4.22. The average Bonchev–Trinajstić information content (AvgIpc) is 3.15. The number of esters is 1. The molecule has 0 N–H and O–H groups in total. The zero-order chi connectivity index (χ0) is 18.6. The van der Waals surface area contributed by atoms with Gasteiger partial charge in [-0.15, -0.1) is 10.2 Å². The number of aryl methyl sites for hydroxylation is 1. The first-order valence-electron chi connectivity index (χ1n) is 8.57. The molecule has 9 heteroatoms. The van der Waals surface area contributed by atoms with E-state index in [4.69, 9.17) is 9.15 Å². The van der Waals surface area contributed by atoms with Crippen LogP contribution in [0.3, 0.4) is 0 Å². The molecule has 1 aliphatic heterocycles. The molecule has 1 aromatic carbocycles. The lowest BCUT2D eigenvalue weighted by molar-refractivity contribution is -0.151. The maximum Gasteiger partial charge on any atom is 0.324 e. The highest BCUT2D eigenvalue weighted by atomic mass is 32.2. The number of carbonyl (C=O) groups is 1. The van der Waals surface area contributed by atoms with Crippen molar-refractivity contribution in [3.05, 3.63) is 42.1 Å². The fraction of sp³-hybridized carbons (Fsp3) is 0.471. The SMILES string of the molecule is CCc1nnc(COC(=O)[C@@H]2CCCCN2S(=O)(=O)c2ccccc2)o1. The van der Waals surface area contributed by atoms with Crippen molar-refractivity contribution in [3.63, 3.8) is 0 Å². The van der Waals surface area contributed by atoms with Crippen molar-refractivity contribution in [1.29, 1.82) is 0 Å². The molecule has 1 atom stereocenters. The van der Waals surface area contributed by atoms with E-state index in [2.05, 4.69) is 10.2 Å². The second-order valence-corrected chi connectivity index (χ2v) is 7.88. The smallest absolute Gasteiger partial charge is 0.324 e. The quantitative estimate of drug-likeness (QED) is 0.706. The number of sulfonamides is 1. The topological polar surface area (TPSA) is 103 Å². The van der Waals surface area contributed by atoms with Crippen molar-refractivity contribution in [2.45, 2.75) is 50.2 Å². The minimum Gasteiger partial charge on any atom is -0.454 e. The Morgan fingerprint density at radius 3 is 2.65 bits per heavy atom. The van der Waals surface area contributed by atoms with E-state index in [1.807, 2.05) is 6.92 Å². The van der Waals surface area contributed by atoms with E-state index in [1.165, 1.54) is 16.4 Å². The second kappa shape index (κ2) is 7.96. The fourth-order valence-electron chi connectivity index (χ4n) is 2.87. The summed E-state index contributed by atoms with van der Waals surface area (Å²) in [5, 5.41) is 7.60. The van der Waals surface area contributed by atoms with Gasteiger partial charge in [0.2, 0.25) is 15.9 Å². The van der Waals surface area contributed by atoms with Gasteiger partial charge in [0.1, 0.15) is 6.04 Å². The van der Waals surface area contributed by atoms with Gasteiger partial charge in [0.15, 0.2) is 6.61 Å². The van der Waals surface area contributed by atoms with Crippen LogP contribution in [0.4, 0.5) is 0 Å². The summed E-state index contributed by atoms with van der Waals surface area (Å²) in [6.07, 6.45) is 2.49. The maximum absolute atomic E-state index is 12.9. The van der Waals surface area contributed by atoms with Crippen LogP contribution in [-0.2, 0) is 32.6 Å². The predicted molar refractivity (Wildman–Crippen MR) is 91.4 cm³/mol. The van der Waals surface area contributed by atoms with Crippen LogP contribution in [0.5, 0.6) is 0 Å². The molecule has 3 rings (SSSR count). The van der Waals surface area contributed by atoms with Crippen LogP contribution < -0.4 is 0 Å². The van der Waals surface area contributed by atoms with Crippen LogP contribution in [0.15, 0.2) is 39.6 Å². The highest BCUT2D eigenvalue weighted by molar-refractivity contribution is 7.89. The van der Waals surface area contributed by atoms with E-state index in [1.54, 1.807) is 18.2 Å². The number of ether oxygens (including phenoxy) is 1. The van der Waals surface area contributed by atoms with Crippen molar-refractivity contribution in [1.82, 2.24) is 14.5 Å². The zero-order valence-electron chi connectivity index (χ0n) is 14.5. The van der Waals surface area contributed by atoms with Gasteiger partial charge in [-0.05, 0) is 31.4 Å². The number of aromatic nitrogens is 2. The molecule has 0 radical (unpaired) electrons. The van der Waals surface area contributed by atoms with Crippen molar-refractivity contribution < 1.29 is 22.4 Å². The van der Waals surface area contributed by atoms with E-state index in [0.717, 1.165) is 6.42 Å². The zero-order valence-corrected chi connectivity index (χ0v) is 15.3. The van der Waals surface area contributed by atoms with Crippen LogP contribution >= 0.6 is 0 Å². The summed E-state index contributed by atoms with van der Waals surface area (Å²) in [7, 11) is -3.76. The van der Waals surface area contributed by atoms with E-state index in [9.17, 15) is 13.2 Å². The largest absolute Gasteiger partial charge is 0.454 e. The lowest BCUT2D eigenvalue weighted by atomic mass is 10.1. The predicted octanol–water partition coefficient (Wildman–Crippen LogP) is 1.92. The van der Waals surface area contributed by atoms with Crippen LogP contribution in [0.25, 0.3) is 0 Å². The summed E-state index contributed by atoms with van der Waals surface area (Å²) in [5.41, 5.74) is 0. The molecule has 0 unspecified atom stereocenters. The van der Waals surface area contributed by atoms with Crippen molar-refractivity contribution in [3.8, 4) is 0 Å². The monoisotopic (exact) mass is 379 g/mol. The molecule has 1 aromatic heterocycles. The fourth-order valence-corrected chi connectivity index (χ4v) is 4.54. The van der Waals surface area contributed by atoms with Crippen LogP contribution in [-0.4, -0.2) is 41.5 Å². The Kier molecular flexibility index (Phi) is 5.67. The Labute approximate surface area is 152 Å². The molecule has 1 fully saturated rings. The normalized spacial score (nSPS) is 18.6. The molecular formula is C17H21N3O5S. The maximum atomic E-state index is 12.9. The number of nitrogens with zero attached hydrogens (tertiary/aromatic N) is 3. The molecule has 1 aliphatic rings. The molecule has 0 aliphatic carbocycles. The number of hydrogen-bond acceptors (Lipinski definition) is 7. The molecular weight excluding hydrogens is 358 g/mol. The van der Waals surface area contributed by atoms with Crippen LogP contribution in [0, 0.1) is 0 Å². The summed E-state index contributed by atoms with van der Waals surface area (Å²) in [6, 6.07) is 7.27. The first-order chi connectivity index (χ1) is 12.5. The van der Waals surface area contributed by atoms with Gasteiger partial charge >= 0.3 is 5.97 Å². The molecule has 26 heavy (non-hydrogen) atoms. The van der Waals surface area contributed by atoms with Gasteiger partial charge in [-0.25, -0.2) is 8.42 Å². The van der Waals surface area contributed by atoms with E-state index >= 15 is 0 Å². The third-order valence-corrected chi connectivity index (χ3v) is 6.15. The van der Waals surface area contributed by atoms with Gasteiger partial charge in [0.05, 0.1) is 4.90 Å². The van der Waals surface area contributed by atoms with Crippen LogP contribution in [0.1, 0.15) is 38.0 Å². The first kappa shape index (κ1) is 18.5. The Balaban J connectivity index is 1.73. The molecule has 0 amide bonds. The minimum absolute atomic E-state index is 0.165. The number of benzene rings is 1. The number of piperidine rings is 1. The second-order valence-electron chi connectivity index (χ2n) is 5.99. The van der Waals surface area contributed by atoms with Gasteiger partial charge in [0.25, 0.3) is 5.89 Å². The number of hydrogen-bond donors (Lipinski definition) is 0. The lowest BCUT2D eigenvalue weighted by Gasteiger charge is -2.32. The Hall–Kier alpha value is -2.26. The first-order valence-corrected chi connectivity index (χ1v) is 10.0. The molecule has 140 valence electrons. The summed E-state index contributed by atoms with van der Waals surface area (Å²) < 4.78 is 37.6. The van der Waals surface area contributed by atoms with Gasteiger partial charge in [-0.3, -0.25) is 4.79 Å². The van der Waals surface area contributed by atoms with Crippen molar-refractivity contribution in [2.75, 3.05) is 6.54 Å². The van der Waals surface area contributed by atoms with Gasteiger partial charge in [-0.1, -0.05) is 25.1 Å². The van der Waals surface area contributed by atoms with Crippen molar-refractivity contribution in [2.24, 2.45) is 0 Å². The molecule has 2 heterocycles. The Bertz CT molecular complexity index is 850. The third kappa shape index (κ3) is 3.94. The summed E-state index contributed by atoms with van der Waals surface area (Å²) in [6.45, 7) is 2.00. The number of carbonyl (C=O) groups excluding carboxylic acids is 1. The Morgan fingerprint density at radius 1 is 1.23 bits per heavy atom. The van der Waals surface area contributed by atoms with Gasteiger partial charge in [0, 0.05) is 13.0 Å². The van der Waals surface area contributed by atoms with Gasteiger partial charge < -0.3 is 9.15 Å². The summed E-state index contributed by atoms with van der Waals surface area (Å²) in [4.78, 5) is 12.7. The molecule has 2 aromatic rings. The lowest BCUT2D eigenvalue weighted by Crippen LogP contribution is -2.48. The van der Waals surface area contributed by atoms with Crippen LogP contribution in [0.2, 0.25) is 0 Å². The van der Waals surface area contributed by atoms with E-state index < -0.39 is 22.0 Å². The molecule has 0 saturated carbocycles. The van der Waals surface area contributed by atoms with E-state index in [-0.39, 0.29) is 23.9 Å². The Morgan fingerprint density at radius 2 is 1.96 bits per heavy atom. The molecule has 8 nitrogen and oxygen atoms in total. The molecule has 0 spiro atoms. The van der Waals surface area contributed by atoms with E-state index in [0.29, 0.717) is 25.2 Å². The standard InChI is InChI=1S/C17H21N3O5S/c1-2-15-18-19-16(25-15)12-24-17(21)14-10-6-7-11-20(14)26(22,23)13-8-4-3-5-9-13/h3-5,8-9,14H,2,6-7,10-12H2,1H3/t14-/m0/s1. The summed E-state index contributed by atoms with van der Waals surface area (Å²) in [5.74, 6) is 0.0610. The average molecular weight is 379 g/mol. The highest BCUT2D eigenvalue weighted by Gasteiger charge is 2.38. The van der Waals surface area contributed by atoms with Gasteiger partial charge in [-0.2, -0.15) is 4.31 Å².